The molecule has 0 spiro atoms. The third-order valence-corrected chi connectivity index (χ3v) is 2.63. The molecule has 0 fully saturated rings. The van der Waals surface area contributed by atoms with Crippen molar-refractivity contribution in [3.8, 4) is 0 Å². The number of aromatic nitrogens is 1. The first kappa shape index (κ1) is 11.7. The molecule has 0 amide bonds. The number of carbonyl (C=O) groups excluding carboxylic acids is 2. The van der Waals surface area contributed by atoms with Gasteiger partial charge in [0.1, 0.15) is 0 Å². The molecule has 0 saturated heterocycles. The Morgan fingerprint density at radius 3 is 2.82 bits per heavy atom. The minimum atomic E-state index is -0.866. The van der Waals surface area contributed by atoms with Gasteiger partial charge in [0, 0.05) is 5.39 Å². The minimum Gasteiger partial charge on any atom is -0.460 e. The highest BCUT2D eigenvalue weighted by Gasteiger charge is 2.19. The third-order valence-electron chi connectivity index (χ3n) is 2.31. The van der Waals surface area contributed by atoms with E-state index >= 15 is 0 Å². The summed E-state index contributed by atoms with van der Waals surface area (Å²) in [5, 5.41) is 1.29. The highest BCUT2D eigenvalue weighted by Crippen LogP contribution is 2.23. The summed E-state index contributed by atoms with van der Waals surface area (Å²) in [6.45, 7) is 1.82. The van der Waals surface area contributed by atoms with Crippen molar-refractivity contribution in [3.05, 3.63) is 35.0 Å². The van der Waals surface area contributed by atoms with Gasteiger partial charge in [-0.2, -0.15) is 0 Å². The Bertz CT molecular complexity index is 588. The van der Waals surface area contributed by atoms with E-state index < -0.39 is 11.8 Å². The van der Waals surface area contributed by atoms with Gasteiger partial charge in [0.05, 0.1) is 22.8 Å². The Labute approximate surface area is 103 Å². The largest absolute Gasteiger partial charge is 0.460 e. The molecule has 5 heteroatoms. The molecular weight excluding hydrogens is 242 g/mol. The van der Waals surface area contributed by atoms with Crippen molar-refractivity contribution in [2.75, 3.05) is 6.61 Å². The summed E-state index contributed by atoms with van der Waals surface area (Å²) < 4.78 is 4.64. The standard InChI is InChI=1S/C12H10ClNO3/c1-2-17-12(16)11(15)9-6-7-4-3-5-8(13)10(7)14-9/h3-6,14H,2H2,1H3. The number of esters is 1. The fourth-order valence-corrected chi connectivity index (χ4v) is 1.78. The maximum atomic E-state index is 11.7. The van der Waals surface area contributed by atoms with Gasteiger partial charge in [-0.15, -0.1) is 0 Å². The van der Waals surface area contributed by atoms with Crippen LogP contribution in [0.5, 0.6) is 0 Å². The second-order valence-corrected chi connectivity index (χ2v) is 3.84. The van der Waals surface area contributed by atoms with E-state index in [-0.39, 0.29) is 12.3 Å². The van der Waals surface area contributed by atoms with Crippen LogP contribution in [-0.2, 0) is 9.53 Å². The lowest BCUT2D eigenvalue weighted by Gasteiger charge is -1.97. The molecule has 0 aliphatic heterocycles. The molecule has 4 nitrogen and oxygen atoms in total. The first-order valence-corrected chi connectivity index (χ1v) is 5.50. The van der Waals surface area contributed by atoms with Gasteiger partial charge in [-0.05, 0) is 19.1 Å². The number of H-pyrrole nitrogens is 1. The highest BCUT2D eigenvalue weighted by atomic mass is 35.5. The molecule has 2 rings (SSSR count). The molecule has 1 heterocycles. The smallest absolute Gasteiger partial charge is 0.381 e. The molecule has 17 heavy (non-hydrogen) atoms. The third kappa shape index (κ3) is 2.17. The molecule has 0 saturated carbocycles. The van der Waals surface area contributed by atoms with Crippen molar-refractivity contribution in [3.63, 3.8) is 0 Å². The van der Waals surface area contributed by atoms with Crippen LogP contribution in [0.3, 0.4) is 0 Å². The molecule has 0 atom stereocenters. The predicted molar refractivity (Wildman–Crippen MR) is 64.3 cm³/mol. The van der Waals surface area contributed by atoms with E-state index in [1.165, 1.54) is 0 Å². The van der Waals surface area contributed by atoms with Crippen molar-refractivity contribution in [2.24, 2.45) is 0 Å². The number of benzene rings is 1. The first-order chi connectivity index (χ1) is 8.13. The molecule has 0 radical (unpaired) electrons. The zero-order chi connectivity index (χ0) is 12.4. The number of ketones is 1. The number of fused-ring (bicyclic) bond motifs is 1. The Balaban J connectivity index is 2.40. The van der Waals surface area contributed by atoms with E-state index in [4.69, 9.17) is 11.6 Å². The van der Waals surface area contributed by atoms with Crippen LogP contribution in [0, 0.1) is 0 Å². The van der Waals surface area contributed by atoms with Crippen molar-refractivity contribution in [1.82, 2.24) is 4.98 Å². The van der Waals surface area contributed by atoms with Crippen LogP contribution >= 0.6 is 11.6 Å². The van der Waals surface area contributed by atoms with Crippen LogP contribution in [0.2, 0.25) is 5.02 Å². The van der Waals surface area contributed by atoms with Crippen molar-refractivity contribution >= 4 is 34.3 Å². The van der Waals surface area contributed by atoms with Gasteiger partial charge in [-0.25, -0.2) is 4.79 Å². The number of aromatic amines is 1. The molecule has 0 unspecified atom stereocenters. The first-order valence-electron chi connectivity index (χ1n) is 5.12. The number of rotatable bonds is 3. The highest BCUT2D eigenvalue weighted by molar-refractivity contribution is 6.41. The predicted octanol–water partition coefficient (Wildman–Crippen LogP) is 2.57. The molecule has 0 bridgehead atoms. The Kier molecular flexibility index (Phi) is 3.15. The number of Topliss-reactive ketones (excluding diaryl/α,β-unsaturated/α-hetero) is 1. The van der Waals surface area contributed by atoms with Gasteiger partial charge in [-0.3, -0.25) is 4.79 Å². The van der Waals surface area contributed by atoms with Gasteiger partial charge in [0.15, 0.2) is 0 Å². The topological polar surface area (TPSA) is 59.2 Å². The number of hydrogen-bond acceptors (Lipinski definition) is 3. The molecule has 0 aliphatic carbocycles. The zero-order valence-corrected chi connectivity index (χ0v) is 9.88. The van der Waals surface area contributed by atoms with Crippen LogP contribution in [-0.4, -0.2) is 23.3 Å². The van der Waals surface area contributed by atoms with Crippen LogP contribution in [0.4, 0.5) is 0 Å². The fourth-order valence-electron chi connectivity index (χ4n) is 1.55. The molecular formula is C12H10ClNO3. The average molecular weight is 252 g/mol. The maximum absolute atomic E-state index is 11.7. The van der Waals surface area contributed by atoms with Crippen LogP contribution in [0.1, 0.15) is 17.4 Å². The number of halogens is 1. The van der Waals surface area contributed by atoms with Crippen LogP contribution in [0.15, 0.2) is 24.3 Å². The van der Waals surface area contributed by atoms with Gasteiger partial charge in [0.2, 0.25) is 0 Å². The van der Waals surface area contributed by atoms with E-state index in [0.717, 1.165) is 5.39 Å². The van der Waals surface area contributed by atoms with Gasteiger partial charge in [0.25, 0.3) is 5.78 Å². The average Bonchev–Trinajstić information content (AvgIpc) is 2.73. The summed E-state index contributed by atoms with van der Waals surface area (Å²) in [5.74, 6) is -1.56. The van der Waals surface area contributed by atoms with Gasteiger partial charge in [-0.1, -0.05) is 23.7 Å². The van der Waals surface area contributed by atoms with E-state index in [1.807, 2.05) is 0 Å². The molecule has 1 aromatic carbocycles. The van der Waals surface area contributed by atoms with Crippen LogP contribution < -0.4 is 0 Å². The summed E-state index contributed by atoms with van der Waals surface area (Å²) in [6, 6.07) is 6.87. The molecule has 0 aliphatic rings. The Hall–Kier alpha value is -1.81. The molecule has 1 N–H and O–H groups in total. The maximum Gasteiger partial charge on any atom is 0.381 e. The van der Waals surface area contributed by atoms with E-state index in [2.05, 4.69) is 9.72 Å². The summed E-state index contributed by atoms with van der Waals surface area (Å²) in [4.78, 5) is 25.8. The quantitative estimate of drug-likeness (QED) is 0.518. The van der Waals surface area contributed by atoms with Crippen LogP contribution in [0.25, 0.3) is 10.9 Å². The SMILES string of the molecule is CCOC(=O)C(=O)c1cc2cccc(Cl)c2[nH]1. The lowest BCUT2D eigenvalue weighted by molar-refractivity contribution is -0.137. The van der Waals surface area contributed by atoms with Gasteiger partial charge < -0.3 is 9.72 Å². The summed E-state index contributed by atoms with van der Waals surface area (Å²) in [5.41, 5.74) is 0.827. The minimum absolute atomic E-state index is 0.172. The zero-order valence-electron chi connectivity index (χ0n) is 9.12. The molecule has 88 valence electrons. The van der Waals surface area contributed by atoms with E-state index in [9.17, 15) is 9.59 Å². The molecule has 1 aromatic heterocycles. The lowest BCUT2D eigenvalue weighted by Crippen LogP contribution is -2.17. The van der Waals surface area contributed by atoms with Crippen molar-refractivity contribution in [2.45, 2.75) is 6.92 Å². The van der Waals surface area contributed by atoms with Crippen molar-refractivity contribution < 1.29 is 14.3 Å². The second kappa shape index (κ2) is 4.59. The second-order valence-electron chi connectivity index (χ2n) is 3.44. The summed E-state index contributed by atoms with van der Waals surface area (Å²) in [7, 11) is 0. The van der Waals surface area contributed by atoms with Gasteiger partial charge >= 0.3 is 5.97 Å². The number of nitrogens with one attached hydrogen (secondary N) is 1. The lowest BCUT2D eigenvalue weighted by atomic mass is 10.2. The summed E-state index contributed by atoms with van der Waals surface area (Å²) >= 11 is 5.96. The summed E-state index contributed by atoms with van der Waals surface area (Å²) in [6.07, 6.45) is 0. The number of hydrogen-bond donors (Lipinski definition) is 1. The fraction of sp³-hybridized carbons (Fsp3) is 0.167. The Morgan fingerprint density at radius 1 is 1.41 bits per heavy atom. The monoisotopic (exact) mass is 251 g/mol. The van der Waals surface area contributed by atoms with E-state index in [0.29, 0.717) is 10.5 Å². The van der Waals surface area contributed by atoms with E-state index in [1.54, 1.807) is 31.2 Å². The van der Waals surface area contributed by atoms with Crippen molar-refractivity contribution in [1.29, 1.82) is 0 Å². The number of para-hydroxylation sites is 1. The molecule has 2 aromatic rings. The normalized spacial score (nSPS) is 10.5. The Morgan fingerprint density at radius 2 is 2.18 bits per heavy atom. The number of ether oxygens (including phenoxy) is 1. The number of carbonyl (C=O) groups is 2.